The maximum absolute atomic E-state index is 11.6. The number of nitrogens with two attached hydrogens (primary N) is 1. The molecule has 0 aromatic heterocycles. The first kappa shape index (κ1) is 13.6. The Kier molecular flexibility index (Phi) is 4.60. The van der Waals surface area contributed by atoms with Gasteiger partial charge in [-0.05, 0) is 12.1 Å². The second-order valence-electron chi connectivity index (χ2n) is 3.10. The van der Waals surface area contributed by atoms with Gasteiger partial charge in [-0.3, -0.25) is 4.79 Å². The van der Waals surface area contributed by atoms with Crippen molar-refractivity contribution < 1.29 is 14.3 Å². The van der Waals surface area contributed by atoms with Gasteiger partial charge in [-0.1, -0.05) is 23.2 Å². The standard InChI is InChI=1S/C10H10Cl2N2O3/c1-14-8(15)4-17-10(16)6-2-5(11)3-7(12)9(6)13/h2-3H,4,13H2,1H3,(H,14,15). The number of nitrogen functional groups attached to an aromatic ring is 1. The van der Waals surface area contributed by atoms with Gasteiger partial charge in [0.05, 0.1) is 16.3 Å². The maximum atomic E-state index is 11.6. The molecule has 0 atom stereocenters. The van der Waals surface area contributed by atoms with Crippen LogP contribution in [0.4, 0.5) is 5.69 Å². The van der Waals surface area contributed by atoms with Gasteiger partial charge in [-0.2, -0.15) is 0 Å². The molecule has 92 valence electrons. The van der Waals surface area contributed by atoms with Crippen LogP contribution < -0.4 is 11.1 Å². The Morgan fingerprint density at radius 2 is 2.06 bits per heavy atom. The molecule has 1 aromatic carbocycles. The lowest BCUT2D eigenvalue weighted by molar-refractivity contribution is -0.123. The fourth-order valence-corrected chi connectivity index (χ4v) is 1.53. The molecule has 7 heteroatoms. The molecule has 0 saturated carbocycles. The van der Waals surface area contributed by atoms with E-state index in [1.165, 1.54) is 19.2 Å². The fourth-order valence-electron chi connectivity index (χ4n) is 1.03. The van der Waals surface area contributed by atoms with Gasteiger partial charge in [0.1, 0.15) is 0 Å². The summed E-state index contributed by atoms with van der Waals surface area (Å²) in [6.07, 6.45) is 0. The SMILES string of the molecule is CNC(=O)COC(=O)c1cc(Cl)cc(Cl)c1N. The average molecular weight is 277 g/mol. The van der Waals surface area contributed by atoms with Crippen LogP contribution in [0.25, 0.3) is 0 Å². The highest BCUT2D eigenvalue weighted by molar-refractivity contribution is 6.37. The van der Waals surface area contributed by atoms with E-state index in [4.69, 9.17) is 33.7 Å². The van der Waals surface area contributed by atoms with Crippen LogP contribution in [-0.4, -0.2) is 25.5 Å². The maximum Gasteiger partial charge on any atom is 0.340 e. The molecule has 0 aliphatic carbocycles. The number of halogens is 2. The highest BCUT2D eigenvalue weighted by Crippen LogP contribution is 2.27. The number of esters is 1. The predicted octanol–water partition coefficient (Wildman–Crippen LogP) is 1.48. The van der Waals surface area contributed by atoms with Gasteiger partial charge >= 0.3 is 5.97 Å². The molecule has 0 fully saturated rings. The normalized spacial score (nSPS) is 9.82. The number of carbonyl (C=O) groups is 2. The first-order chi connectivity index (χ1) is 7.95. The number of benzene rings is 1. The minimum Gasteiger partial charge on any atom is -0.452 e. The molecule has 0 bridgehead atoms. The van der Waals surface area contributed by atoms with Crippen LogP contribution in [0.2, 0.25) is 10.0 Å². The van der Waals surface area contributed by atoms with Crippen molar-refractivity contribution in [3.63, 3.8) is 0 Å². The highest BCUT2D eigenvalue weighted by atomic mass is 35.5. The van der Waals surface area contributed by atoms with Gasteiger partial charge in [0, 0.05) is 12.1 Å². The van der Waals surface area contributed by atoms with Crippen molar-refractivity contribution in [2.24, 2.45) is 0 Å². The molecule has 5 nitrogen and oxygen atoms in total. The van der Waals surface area contributed by atoms with Crippen LogP contribution in [0.5, 0.6) is 0 Å². The lowest BCUT2D eigenvalue weighted by atomic mass is 10.2. The van der Waals surface area contributed by atoms with Gasteiger partial charge < -0.3 is 15.8 Å². The number of anilines is 1. The number of nitrogens with one attached hydrogen (secondary N) is 1. The summed E-state index contributed by atoms with van der Waals surface area (Å²) < 4.78 is 4.72. The summed E-state index contributed by atoms with van der Waals surface area (Å²) in [5.74, 6) is -1.18. The first-order valence-electron chi connectivity index (χ1n) is 4.58. The number of carbonyl (C=O) groups excluding carboxylic acids is 2. The third-order valence-electron chi connectivity index (χ3n) is 1.93. The average Bonchev–Trinajstić information content (AvgIpc) is 2.30. The summed E-state index contributed by atoms with van der Waals surface area (Å²) in [5, 5.41) is 2.73. The Hall–Kier alpha value is -1.46. The minimum absolute atomic E-state index is 0.0337. The first-order valence-corrected chi connectivity index (χ1v) is 5.33. The summed E-state index contributed by atoms with van der Waals surface area (Å²) >= 11 is 11.5. The van der Waals surface area contributed by atoms with E-state index < -0.39 is 11.9 Å². The number of ether oxygens (including phenoxy) is 1. The number of rotatable bonds is 3. The van der Waals surface area contributed by atoms with Crippen LogP contribution in [-0.2, 0) is 9.53 Å². The second-order valence-corrected chi connectivity index (χ2v) is 3.94. The Morgan fingerprint density at radius 3 is 2.65 bits per heavy atom. The smallest absolute Gasteiger partial charge is 0.340 e. The summed E-state index contributed by atoms with van der Waals surface area (Å²) in [6, 6.07) is 2.74. The van der Waals surface area contributed by atoms with E-state index >= 15 is 0 Å². The van der Waals surface area contributed by atoms with Crippen LogP contribution in [0.15, 0.2) is 12.1 Å². The van der Waals surface area contributed by atoms with Gasteiger partial charge in [-0.15, -0.1) is 0 Å². The van der Waals surface area contributed by atoms with Gasteiger partial charge in [0.25, 0.3) is 5.91 Å². The van der Waals surface area contributed by atoms with Crippen LogP contribution in [0.3, 0.4) is 0 Å². The lowest BCUT2D eigenvalue weighted by Crippen LogP contribution is -2.25. The van der Waals surface area contributed by atoms with E-state index in [1.54, 1.807) is 0 Å². The van der Waals surface area contributed by atoms with Crippen molar-refractivity contribution in [1.29, 1.82) is 0 Å². The summed E-state index contributed by atoms with van der Waals surface area (Å²) in [4.78, 5) is 22.5. The molecular weight excluding hydrogens is 267 g/mol. The molecule has 1 rings (SSSR count). The van der Waals surface area contributed by atoms with Crippen molar-refractivity contribution in [2.45, 2.75) is 0 Å². The van der Waals surface area contributed by atoms with Crippen molar-refractivity contribution in [3.05, 3.63) is 27.7 Å². The third-order valence-corrected chi connectivity index (χ3v) is 2.46. The summed E-state index contributed by atoms with van der Waals surface area (Å²) in [6.45, 7) is -0.390. The minimum atomic E-state index is -0.754. The Labute approximate surface area is 108 Å². The third kappa shape index (κ3) is 3.51. The molecular formula is C10H10Cl2N2O3. The van der Waals surface area contributed by atoms with Crippen molar-refractivity contribution in [2.75, 3.05) is 19.4 Å². The van der Waals surface area contributed by atoms with Crippen molar-refractivity contribution >= 4 is 40.8 Å². The second kappa shape index (κ2) is 5.75. The van der Waals surface area contributed by atoms with E-state index in [0.29, 0.717) is 0 Å². The largest absolute Gasteiger partial charge is 0.452 e. The predicted molar refractivity (Wildman–Crippen MR) is 65.2 cm³/mol. The fraction of sp³-hybridized carbons (Fsp3) is 0.200. The number of likely N-dealkylation sites (N-methyl/N-ethyl adjacent to an activating group) is 1. The monoisotopic (exact) mass is 276 g/mol. The van der Waals surface area contributed by atoms with Crippen molar-refractivity contribution in [1.82, 2.24) is 5.32 Å². The van der Waals surface area contributed by atoms with Gasteiger partial charge in [-0.25, -0.2) is 4.79 Å². The van der Waals surface area contributed by atoms with Crippen LogP contribution in [0.1, 0.15) is 10.4 Å². The van der Waals surface area contributed by atoms with Gasteiger partial charge in [0.2, 0.25) is 0 Å². The number of amides is 1. The molecule has 17 heavy (non-hydrogen) atoms. The summed E-state index contributed by atoms with van der Waals surface area (Å²) in [7, 11) is 1.43. The topological polar surface area (TPSA) is 81.4 Å². The zero-order valence-corrected chi connectivity index (χ0v) is 10.4. The quantitative estimate of drug-likeness (QED) is 0.647. The van der Waals surface area contributed by atoms with E-state index in [1.807, 2.05) is 0 Å². The Balaban J connectivity index is 2.86. The van der Waals surface area contributed by atoms with E-state index in [9.17, 15) is 9.59 Å². The van der Waals surface area contributed by atoms with Crippen molar-refractivity contribution in [3.8, 4) is 0 Å². The summed E-state index contributed by atoms with van der Waals surface area (Å²) in [5.41, 5.74) is 5.70. The number of hydrogen-bond acceptors (Lipinski definition) is 4. The Morgan fingerprint density at radius 1 is 1.41 bits per heavy atom. The van der Waals surface area contributed by atoms with Gasteiger partial charge in [0.15, 0.2) is 6.61 Å². The molecule has 0 heterocycles. The van der Waals surface area contributed by atoms with E-state index in [2.05, 4.69) is 5.32 Å². The number of hydrogen-bond donors (Lipinski definition) is 2. The van der Waals surface area contributed by atoms with E-state index in [-0.39, 0.29) is 27.9 Å². The molecule has 0 spiro atoms. The molecule has 0 saturated heterocycles. The highest BCUT2D eigenvalue weighted by Gasteiger charge is 2.16. The zero-order valence-electron chi connectivity index (χ0n) is 8.92. The molecule has 0 aliphatic heterocycles. The molecule has 0 radical (unpaired) electrons. The molecule has 3 N–H and O–H groups in total. The molecule has 0 unspecified atom stereocenters. The molecule has 0 aliphatic rings. The molecule has 1 aromatic rings. The zero-order chi connectivity index (χ0) is 13.0. The Bertz CT molecular complexity index is 463. The molecule has 1 amide bonds. The van der Waals surface area contributed by atoms with Crippen LogP contribution >= 0.6 is 23.2 Å². The lowest BCUT2D eigenvalue weighted by Gasteiger charge is -2.08. The van der Waals surface area contributed by atoms with E-state index in [0.717, 1.165) is 0 Å². The van der Waals surface area contributed by atoms with Crippen LogP contribution in [0, 0.1) is 0 Å².